The van der Waals surface area contributed by atoms with Crippen molar-refractivity contribution in [2.45, 2.75) is 18.5 Å². The summed E-state index contributed by atoms with van der Waals surface area (Å²) in [6.07, 6.45) is 1.18. The Kier molecular flexibility index (Phi) is 2.11. The Balaban J connectivity index is 1.99. The highest BCUT2D eigenvalue weighted by Crippen LogP contribution is 2.15. The lowest BCUT2D eigenvalue weighted by Crippen LogP contribution is -2.60. The Morgan fingerprint density at radius 2 is 2.45 bits per heavy atom. The van der Waals surface area contributed by atoms with Crippen LogP contribution >= 0.6 is 0 Å². The molecule has 0 bridgehead atoms. The van der Waals surface area contributed by atoms with Crippen LogP contribution in [-0.4, -0.2) is 50.3 Å². The number of fused-ring (bicyclic) bond motifs is 1. The first-order valence-corrected chi connectivity index (χ1v) is 4.39. The SMILES string of the molecule is CN1CCNC2CCOCC21. The molecule has 0 radical (unpaired) electrons. The lowest BCUT2D eigenvalue weighted by molar-refractivity contribution is -0.00888. The number of piperazine rings is 1. The fourth-order valence-corrected chi connectivity index (χ4v) is 1.99. The van der Waals surface area contributed by atoms with Crippen LogP contribution in [0.3, 0.4) is 0 Å². The highest BCUT2D eigenvalue weighted by Gasteiger charge is 2.31. The number of likely N-dealkylation sites (N-methyl/N-ethyl adjacent to an activating group) is 1. The molecular weight excluding hydrogens is 140 g/mol. The Labute approximate surface area is 67.7 Å². The zero-order chi connectivity index (χ0) is 7.68. The molecule has 2 aliphatic heterocycles. The number of hydrogen-bond acceptors (Lipinski definition) is 3. The normalized spacial score (nSPS) is 40.1. The van der Waals surface area contributed by atoms with Gasteiger partial charge in [0.2, 0.25) is 0 Å². The molecule has 2 saturated heterocycles. The van der Waals surface area contributed by atoms with Gasteiger partial charge in [-0.1, -0.05) is 0 Å². The zero-order valence-electron chi connectivity index (χ0n) is 7.05. The van der Waals surface area contributed by atoms with E-state index in [-0.39, 0.29) is 0 Å². The number of hydrogen-bond donors (Lipinski definition) is 1. The molecule has 3 nitrogen and oxygen atoms in total. The maximum atomic E-state index is 5.43. The second kappa shape index (κ2) is 3.09. The Morgan fingerprint density at radius 1 is 1.55 bits per heavy atom. The van der Waals surface area contributed by atoms with E-state index in [0.717, 1.165) is 26.3 Å². The predicted molar refractivity (Wildman–Crippen MR) is 43.6 cm³/mol. The van der Waals surface area contributed by atoms with Gasteiger partial charge in [0.05, 0.1) is 6.61 Å². The number of nitrogens with zero attached hydrogens (tertiary/aromatic N) is 1. The molecule has 2 atom stereocenters. The molecule has 2 unspecified atom stereocenters. The standard InChI is InChI=1S/C8H16N2O/c1-10-4-3-9-7-2-5-11-6-8(7)10/h7-9H,2-6H2,1H3. The van der Waals surface area contributed by atoms with Crippen molar-refractivity contribution in [2.24, 2.45) is 0 Å². The largest absolute Gasteiger partial charge is 0.380 e. The van der Waals surface area contributed by atoms with E-state index >= 15 is 0 Å². The molecule has 0 amide bonds. The van der Waals surface area contributed by atoms with Crippen molar-refractivity contribution >= 4 is 0 Å². The van der Waals surface area contributed by atoms with E-state index in [2.05, 4.69) is 17.3 Å². The summed E-state index contributed by atoms with van der Waals surface area (Å²) in [6, 6.07) is 1.31. The number of nitrogens with one attached hydrogen (secondary N) is 1. The van der Waals surface area contributed by atoms with E-state index in [1.807, 2.05) is 0 Å². The van der Waals surface area contributed by atoms with Gasteiger partial charge in [0.25, 0.3) is 0 Å². The van der Waals surface area contributed by atoms with Crippen molar-refractivity contribution in [3.8, 4) is 0 Å². The Morgan fingerprint density at radius 3 is 3.27 bits per heavy atom. The third-order valence-corrected chi connectivity index (χ3v) is 2.76. The van der Waals surface area contributed by atoms with E-state index in [9.17, 15) is 0 Å². The van der Waals surface area contributed by atoms with Crippen LogP contribution in [0.4, 0.5) is 0 Å². The van der Waals surface area contributed by atoms with Crippen molar-refractivity contribution in [1.82, 2.24) is 10.2 Å². The molecule has 11 heavy (non-hydrogen) atoms. The second-order valence-electron chi connectivity index (χ2n) is 3.47. The van der Waals surface area contributed by atoms with Crippen molar-refractivity contribution < 1.29 is 4.74 Å². The topological polar surface area (TPSA) is 24.5 Å². The van der Waals surface area contributed by atoms with Gasteiger partial charge in [-0.3, -0.25) is 4.90 Å². The molecule has 1 N–H and O–H groups in total. The lowest BCUT2D eigenvalue weighted by Gasteiger charge is -2.42. The molecule has 0 aliphatic carbocycles. The maximum absolute atomic E-state index is 5.43. The van der Waals surface area contributed by atoms with Crippen LogP contribution in [0.2, 0.25) is 0 Å². The summed E-state index contributed by atoms with van der Waals surface area (Å²) in [5, 5.41) is 3.53. The smallest absolute Gasteiger partial charge is 0.0636 e. The molecule has 64 valence electrons. The molecule has 2 aliphatic rings. The molecule has 0 aromatic heterocycles. The monoisotopic (exact) mass is 156 g/mol. The summed E-state index contributed by atoms with van der Waals surface area (Å²) >= 11 is 0. The molecule has 2 heterocycles. The third kappa shape index (κ3) is 1.41. The molecule has 2 fully saturated rings. The molecule has 0 spiro atoms. The summed E-state index contributed by atoms with van der Waals surface area (Å²) in [6.45, 7) is 4.14. The molecule has 0 saturated carbocycles. The first-order valence-electron chi connectivity index (χ1n) is 4.39. The Hall–Kier alpha value is -0.120. The number of ether oxygens (including phenoxy) is 1. The first kappa shape index (κ1) is 7.53. The predicted octanol–water partition coefficient (Wildman–Crippen LogP) is -0.321. The van der Waals surface area contributed by atoms with Crippen LogP contribution in [-0.2, 0) is 4.74 Å². The van der Waals surface area contributed by atoms with E-state index < -0.39 is 0 Å². The highest BCUT2D eigenvalue weighted by molar-refractivity contribution is 4.89. The van der Waals surface area contributed by atoms with Crippen LogP contribution < -0.4 is 5.32 Å². The van der Waals surface area contributed by atoms with Crippen molar-refractivity contribution in [3.05, 3.63) is 0 Å². The summed E-state index contributed by atoms with van der Waals surface area (Å²) in [4.78, 5) is 2.40. The summed E-state index contributed by atoms with van der Waals surface area (Å²) < 4.78 is 5.43. The summed E-state index contributed by atoms with van der Waals surface area (Å²) in [7, 11) is 2.19. The highest BCUT2D eigenvalue weighted by atomic mass is 16.5. The van der Waals surface area contributed by atoms with E-state index in [1.54, 1.807) is 0 Å². The zero-order valence-corrected chi connectivity index (χ0v) is 7.05. The molecule has 2 rings (SSSR count). The van der Waals surface area contributed by atoms with Gasteiger partial charge in [-0.2, -0.15) is 0 Å². The summed E-state index contributed by atoms with van der Waals surface area (Å²) in [5.41, 5.74) is 0. The van der Waals surface area contributed by atoms with Crippen LogP contribution in [0, 0.1) is 0 Å². The molecule has 0 aromatic rings. The van der Waals surface area contributed by atoms with Gasteiger partial charge in [0.15, 0.2) is 0 Å². The van der Waals surface area contributed by atoms with Gasteiger partial charge in [-0.05, 0) is 13.5 Å². The van der Waals surface area contributed by atoms with Crippen LogP contribution in [0.5, 0.6) is 0 Å². The van der Waals surface area contributed by atoms with Gasteiger partial charge in [-0.25, -0.2) is 0 Å². The van der Waals surface area contributed by atoms with E-state index in [1.165, 1.54) is 6.42 Å². The molecule has 0 aromatic carbocycles. The number of rotatable bonds is 0. The average molecular weight is 156 g/mol. The van der Waals surface area contributed by atoms with Crippen LogP contribution in [0.15, 0.2) is 0 Å². The molecular formula is C8H16N2O. The molecule has 3 heteroatoms. The van der Waals surface area contributed by atoms with Gasteiger partial charge >= 0.3 is 0 Å². The third-order valence-electron chi connectivity index (χ3n) is 2.76. The van der Waals surface area contributed by atoms with Crippen LogP contribution in [0.25, 0.3) is 0 Å². The first-order chi connectivity index (χ1) is 5.38. The minimum Gasteiger partial charge on any atom is -0.380 e. The van der Waals surface area contributed by atoms with E-state index in [0.29, 0.717) is 12.1 Å². The fraction of sp³-hybridized carbons (Fsp3) is 1.00. The lowest BCUT2D eigenvalue weighted by atomic mass is 10.00. The van der Waals surface area contributed by atoms with E-state index in [4.69, 9.17) is 4.74 Å². The van der Waals surface area contributed by atoms with Gasteiger partial charge < -0.3 is 10.1 Å². The fourth-order valence-electron chi connectivity index (χ4n) is 1.99. The van der Waals surface area contributed by atoms with Gasteiger partial charge in [0, 0.05) is 31.8 Å². The van der Waals surface area contributed by atoms with Gasteiger partial charge in [-0.15, -0.1) is 0 Å². The second-order valence-corrected chi connectivity index (χ2v) is 3.47. The minimum absolute atomic E-state index is 0.623. The quantitative estimate of drug-likeness (QED) is 0.520. The van der Waals surface area contributed by atoms with Crippen LogP contribution in [0.1, 0.15) is 6.42 Å². The van der Waals surface area contributed by atoms with Crippen molar-refractivity contribution in [1.29, 1.82) is 0 Å². The summed E-state index contributed by atoms with van der Waals surface area (Å²) in [5.74, 6) is 0. The Bertz CT molecular complexity index is 138. The van der Waals surface area contributed by atoms with Crippen molar-refractivity contribution in [3.63, 3.8) is 0 Å². The average Bonchev–Trinajstić information content (AvgIpc) is 2.06. The maximum Gasteiger partial charge on any atom is 0.0636 e. The minimum atomic E-state index is 0.623. The van der Waals surface area contributed by atoms with Gasteiger partial charge in [0.1, 0.15) is 0 Å². The van der Waals surface area contributed by atoms with Crippen molar-refractivity contribution in [2.75, 3.05) is 33.4 Å².